The fourth-order valence-corrected chi connectivity index (χ4v) is 5.25. The number of allylic oxidation sites excluding steroid dienone is 4. The number of aliphatic hydroxyl groups is 1. The Morgan fingerprint density at radius 1 is 1.32 bits per heavy atom. The number of likely N-dealkylation sites (tertiary alicyclic amines) is 1. The van der Waals surface area contributed by atoms with Gasteiger partial charge in [-0.25, -0.2) is 12.7 Å². The lowest BCUT2D eigenvalue weighted by Gasteiger charge is -2.39. The number of ether oxygens (including phenoxy) is 1. The molecule has 1 aliphatic carbocycles. The van der Waals surface area contributed by atoms with Crippen molar-refractivity contribution in [3.05, 3.63) is 47.7 Å². The summed E-state index contributed by atoms with van der Waals surface area (Å²) in [6, 6.07) is 5.02. The van der Waals surface area contributed by atoms with Crippen LogP contribution in [0, 0.1) is 0 Å². The van der Waals surface area contributed by atoms with Crippen molar-refractivity contribution in [1.29, 1.82) is 0 Å². The fraction of sp³-hybridized carbons (Fsp3) is 0.542. The van der Waals surface area contributed by atoms with Crippen LogP contribution in [0.4, 0.5) is 13.2 Å². The Kier molecular flexibility index (Phi) is 9.01. The van der Waals surface area contributed by atoms with Crippen molar-refractivity contribution in [2.45, 2.75) is 56.1 Å². The van der Waals surface area contributed by atoms with E-state index in [-0.39, 0.29) is 30.2 Å². The van der Waals surface area contributed by atoms with Crippen LogP contribution < -0.4 is 10.1 Å². The molecule has 0 bridgehead atoms. The standard InChI is InChI=1S/C24H31ClF3N3O5S/c1-23(25)14-16(11-12-18(23)17-8-4-5-10-20(17)36-24(26,27)28)29-22(33)19-9-6-7-13-31(19)21(32)15-30(2)37(3,34)35/h4-5,8,10-12,19,21,32H,6-7,9,13-15H2,1-3H3,(H,29,33). The van der Waals surface area contributed by atoms with Crippen LogP contribution in [0.3, 0.4) is 0 Å². The highest BCUT2D eigenvalue weighted by Crippen LogP contribution is 2.44. The average molecular weight is 566 g/mol. The first kappa shape index (κ1) is 29.4. The second kappa shape index (κ2) is 11.3. The number of para-hydroxylation sites is 1. The summed E-state index contributed by atoms with van der Waals surface area (Å²) in [6.45, 7) is 1.88. The van der Waals surface area contributed by atoms with E-state index in [1.165, 1.54) is 25.2 Å². The smallest absolute Gasteiger partial charge is 0.405 e. The van der Waals surface area contributed by atoms with E-state index < -0.39 is 33.5 Å². The van der Waals surface area contributed by atoms with Crippen LogP contribution in [-0.4, -0.2) is 78.5 Å². The summed E-state index contributed by atoms with van der Waals surface area (Å²) < 4.78 is 67.3. The normalized spacial score (nSPS) is 24.3. The first-order valence-corrected chi connectivity index (χ1v) is 13.9. The predicted octanol–water partition coefficient (Wildman–Crippen LogP) is 3.43. The molecule has 1 amide bonds. The highest BCUT2D eigenvalue weighted by Gasteiger charge is 2.38. The number of piperidine rings is 1. The summed E-state index contributed by atoms with van der Waals surface area (Å²) in [5.41, 5.74) is 1.06. The number of amides is 1. The number of nitrogens with one attached hydrogen (secondary N) is 1. The molecule has 1 aliphatic heterocycles. The topological polar surface area (TPSA) is 99.2 Å². The molecule has 2 N–H and O–H groups in total. The lowest BCUT2D eigenvalue weighted by atomic mass is 9.85. The van der Waals surface area contributed by atoms with Gasteiger partial charge in [0.2, 0.25) is 15.9 Å². The molecule has 206 valence electrons. The predicted molar refractivity (Wildman–Crippen MR) is 134 cm³/mol. The molecule has 3 unspecified atom stereocenters. The highest BCUT2D eigenvalue weighted by molar-refractivity contribution is 7.88. The van der Waals surface area contributed by atoms with E-state index in [1.807, 2.05) is 0 Å². The maximum atomic E-state index is 13.2. The zero-order valence-electron chi connectivity index (χ0n) is 20.8. The SMILES string of the molecule is CN(CC(O)N1CCCCC1C(=O)NC1=CC=C(c2ccccc2OC(F)(F)F)C(C)(Cl)C1)S(C)(=O)=O. The van der Waals surface area contributed by atoms with Gasteiger partial charge in [-0.05, 0) is 37.5 Å². The van der Waals surface area contributed by atoms with Crippen molar-refractivity contribution in [2.24, 2.45) is 0 Å². The average Bonchev–Trinajstić information content (AvgIpc) is 2.77. The molecule has 37 heavy (non-hydrogen) atoms. The van der Waals surface area contributed by atoms with Gasteiger partial charge in [0.15, 0.2) is 0 Å². The molecule has 1 aromatic rings. The minimum atomic E-state index is -4.87. The number of aliphatic hydroxyl groups excluding tert-OH is 1. The van der Waals surface area contributed by atoms with Gasteiger partial charge in [0.25, 0.3) is 0 Å². The van der Waals surface area contributed by atoms with E-state index in [9.17, 15) is 31.5 Å². The van der Waals surface area contributed by atoms with Crippen LogP contribution in [0.25, 0.3) is 5.57 Å². The summed E-state index contributed by atoms with van der Waals surface area (Å²) in [4.78, 5) is 13.6. The molecular weight excluding hydrogens is 535 g/mol. The van der Waals surface area contributed by atoms with E-state index in [2.05, 4.69) is 10.1 Å². The Morgan fingerprint density at radius 2 is 2.00 bits per heavy atom. The Bertz CT molecular complexity index is 1170. The van der Waals surface area contributed by atoms with Gasteiger partial charge in [0.1, 0.15) is 12.0 Å². The van der Waals surface area contributed by atoms with Crippen molar-refractivity contribution >= 4 is 33.1 Å². The maximum Gasteiger partial charge on any atom is 0.573 e. The zero-order valence-corrected chi connectivity index (χ0v) is 22.3. The van der Waals surface area contributed by atoms with Gasteiger partial charge in [0.05, 0.1) is 23.7 Å². The number of carbonyl (C=O) groups is 1. The lowest BCUT2D eigenvalue weighted by molar-refractivity contribution is -0.274. The minimum Gasteiger partial charge on any atom is -0.405 e. The van der Waals surface area contributed by atoms with Crippen LogP contribution in [0.1, 0.15) is 38.2 Å². The fourth-order valence-electron chi connectivity index (χ4n) is 4.53. The van der Waals surface area contributed by atoms with Gasteiger partial charge in [-0.2, -0.15) is 0 Å². The van der Waals surface area contributed by atoms with Crippen LogP contribution in [0.2, 0.25) is 0 Å². The van der Waals surface area contributed by atoms with E-state index in [0.29, 0.717) is 24.2 Å². The first-order valence-electron chi connectivity index (χ1n) is 11.7. The molecule has 3 atom stereocenters. The third kappa shape index (κ3) is 7.70. The molecule has 8 nitrogen and oxygen atoms in total. The highest BCUT2D eigenvalue weighted by atomic mass is 35.5. The summed E-state index contributed by atoms with van der Waals surface area (Å²) in [7, 11) is -2.15. The van der Waals surface area contributed by atoms with E-state index in [4.69, 9.17) is 11.6 Å². The quantitative estimate of drug-likeness (QED) is 0.469. The van der Waals surface area contributed by atoms with Gasteiger partial charge in [-0.1, -0.05) is 30.7 Å². The molecule has 1 saturated heterocycles. The Morgan fingerprint density at radius 3 is 2.62 bits per heavy atom. The summed E-state index contributed by atoms with van der Waals surface area (Å²) in [5, 5.41) is 13.5. The van der Waals surface area contributed by atoms with Crippen molar-refractivity contribution in [2.75, 3.05) is 26.4 Å². The van der Waals surface area contributed by atoms with Gasteiger partial charge < -0.3 is 15.2 Å². The maximum absolute atomic E-state index is 13.2. The molecule has 1 fully saturated rings. The van der Waals surface area contributed by atoms with Crippen LogP contribution in [-0.2, 0) is 14.8 Å². The second-order valence-electron chi connectivity index (χ2n) is 9.45. The van der Waals surface area contributed by atoms with Gasteiger partial charge in [-0.15, -0.1) is 24.8 Å². The van der Waals surface area contributed by atoms with Crippen molar-refractivity contribution in [1.82, 2.24) is 14.5 Å². The molecule has 0 aromatic heterocycles. The molecule has 2 aliphatic rings. The number of hydrogen-bond donors (Lipinski definition) is 2. The summed E-state index contributed by atoms with van der Waals surface area (Å²) >= 11 is 6.75. The third-order valence-corrected chi connectivity index (χ3v) is 8.06. The van der Waals surface area contributed by atoms with E-state index in [0.717, 1.165) is 23.4 Å². The number of hydrogen-bond acceptors (Lipinski definition) is 6. The molecule has 3 rings (SSSR count). The number of benzene rings is 1. The number of rotatable bonds is 8. The molecule has 13 heteroatoms. The Labute approximate surface area is 219 Å². The number of sulfonamides is 1. The summed E-state index contributed by atoms with van der Waals surface area (Å²) in [5.74, 6) is -0.753. The minimum absolute atomic E-state index is 0.124. The number of halogens is 4. The molecule has 1 aromatic carbocycles. The van der Waals surface area contributed by atoms with Crippen molar-refractivity contribution < 1.29 is 36.2 Å². The van der Waals surface area contributed by atoms with Gasteiger partial charge >= 0.3 is 6.36 Å². The first-order chi connectivity index (χ1) is 17.1. The molecule has 0 spiro atoms. The van der Waals surface area contributed by atoms with E-state index in [1.54, 1.807) is 30.0 Å². The third-order valence-electron chi connectivity index (χ3n) is 6.44. The second-order valence-corrected chi connectivity index (χ2v) is 12.4. The van der Waals surface area contributed by atoms with Crippen LogP contribution in [0.5, 0.6) is 5.75 Å². The van der Waals surface area contributed by atoms with Crippen molar-refractivity contribution in [3.8, 4) is 5.75 Å². The largest absolute Gasteiger partial charge is 0.573 e. The Balaban J connectivity index is 1.79. The molecule has 0 saturated carbocycles. The van der Waals surface area contributed by atoms with E-state index >= 15 is 0 Å². The molecule has 1 heterocycles. The molecule has 0 radical (unpaired) electrons. The van der Waals surface area contributed by atoms with Crippen LogP contribution >= 0.6 is 11.6 Å². The number of likely N-dealkylation sites (N-methyl/N-ethyl adjacent to an activating group) is 1. The number of nitrogens with zero attached hydrogens (tertiary/aromatic N) is 2. The molecular formula is C24H31ClF3N3O5S. The Hall–Kier alpha value is -2.12. The lowest BCUT2D eigenvalue weighted by Crippen LogP contribution is -2.56. The zero-order chi connectivity index (χ0) is 27.6. The monoisotopic (exact) mass is 565 g/mol. The van der Waals surface area contributed by atoms with Gasteiger partial charge in [-0.3, -0.25) is 9.69 Å². The van der Waals surface area contributed by atoms with Gasteiger partial charge in [0, 0.05) is 31.3 Å². The van der Waals surface area contributed by atoms with Crippen LogP contribution in [0.15, 0.2) is 42.1 Å². The van der Waals surface area contributed by atoms with Crippen molar-refractivity contribution in [3.63, 3.8) is 0 Å². The summed E-state index contributed by atoms with van der Waals surface area (Å²) in [6.07, 6.45) is 0.239. The number of alkyl halides is 4. The number of carbonyl (C=O) groups excluding carboxylic acids is 1.